The van der Waals surface area contributed by atoms with Gasteiger partial charge in [-0.2, -0.15) is 5.26 Å². The van der Waals surface area contributed by atoms with Crippen molar-refractivity contribution in [3.63, 3.8) is 0 Å². The quantitative estimate of drug-likeness (QED) is 0.797. The van der Waals surface area contributed by atoms with Gasteiger partial charge < -0.3 is 4.57 Å². The number of nitrogens with one attached hydrogen (secondary N) is 1. The van der Waals surface area contributed by atoms with E-state index in [-0.39, 0.29) is 11.8 Å². The minimum absolute atomic E-state index is 0.0583. The van der Waals surface area contributed by atoms with Crippen molar-refractivity contribution < 1.29 is 8.42 Å². The monoisotopic (exact) mass is 296 g/mol. The highest BCUT2D eigenvalue weighted by Gasteiger charge is 2.23. The van der Waals surface area contributed by atoms with E-state index in [1.54, 1.807) is 0 Å². The molecule has 1 aromatic heterocycles. The molecular formula is C13H20N4O2S. The molecule has 0 unspecified atom stereocenters. The van der Waals surface area contributed by atoms with Crippen molar-refractivity contribution in [1.82, 2.24) is 14.3 Å². The maximum atomic E-state index is 12.0. The number of hydrogen-bond acceptors (Lipinski definition) is 4. The summed E-state index contributed by atoms with van der Waals surface area (Å²) in [5.41, 5.74) is 0.972. The van der Waals surface area contributed by atoms with Crippen LogP contribution in [0.25, 0.3) is 0 Å². The lowest BCUT2D eigenvalue weighted by atomic mass is 10.1. The molecule has 1 aliphatic heterocycles. The van der Waals surface area contributed by atoms with Crippen molar-refractivity contribution >= 4 is 10.0 Å². The molecule has 1 atom stereocenters. The number of rotatable bonds is 6. The van der Waals surface area contributed by atoms with E-state index in [9.17, 15) is 8.42 Å². The predicted octanol–water partition coefficient (Wildman–Crippen LogP) is 1.12. The molecule has 0 radical (unpaired) electrons. The zero-order chi connectivity index (χ0) is 14.6. The highest BCUT2D eigenvalue weighted by molar-refractivity contribution is 7.89. The fourth-order valence-corrected chi connectivity index (χ4v) is 3.89. The summed E-state index contributed by atoms with van der Waals surface area (Å²) in [6, 6.07) is 1.96. The fourth-order valence-electron chi connectivity index (χ4n) is 2.49. The van der Waals surface area contributed by atoms with Crippen molar-refractivity contribution in [1.29, 1.82) is 5.26 Å². The molecule has 0 fully saturated rings. The van der Waals surface area contributed by atoms with E-state index < -0.39 is 10.0 Å². The van der Waals surface area contributed by atoms with E-state index in [2.05, 4.69) is 9.71 Å². The van der Waals surface area contributed by atoms with Crippen LogP contribution in [0.3, 0.4) is 0 Å². The Hall–Kier alpha value is -1.39. The number of hydrogen-bond donors (Lipinski definition) is 1. The Balaban J connectivity index is 1.86. The van der Waals surface area contributed by atoms with Crippen molar-refractivity contribution in [3.05, 3.63) is 17.7 Å². The topological polar surface area (TPSA) is 87.8 Å². The minimum atomic E-state index is -3.25. The Morgan fingerprint density at radius 3 is 3.10 bits per heavy atom. The number of nitrogens with zero attached hydrogens (tertiary/aromatic N) is 3. The minimum Gasteiger partial charge on any atom is -0.333 e. The number of sulfonamides is 1. The van der Waals surface area contributed by atoms with E-state index in [1.807, 2.05) is 23.8 Å². The Kier molecular flexibility index (Phi) is 4.78. The Morgan fingerprint density at radius 2 is 2.35 bits per heavy atom. The van der Waals surface area contributed by atoms with Gasteiger partial charge in [-0.15, -0.1) is 0 Å². The summed E-state index contributed by atoms with van der Waals surface area (Å²) in [5.74, 6) is 1.13. The lowest BCUT2D eigenvalue weighted by Crippen LogP contribution is -2.41. The maximum absolute atomic E-state index is 12.0. The number of unbranched alkanes of at least 4 members (excludes halogenated alkanes) is 2. The fraction of sp³-hybridized carbons (Fsp3) is 0.692. The van der Waals surface area contributed by atoms with Crippen LogP contribution in [0.1, 0.15) is 37.2 Å². The van der Waals surface area contributed by atoms with Crippen LogP contribution in [-0.2, 0) is 23.0 Å². The van der Waals surface area contributed by atoms with E-state index in [0.29, 0.717) is 25.8 Å². The number of fused-ring (bicyclic) bond motifs is 1. The van der Waals surface area contributed by atoms with Crippen LogP contribution < -0.4 is 4.72 Å². The predicted molar refractivity (Wildman–Crippen MR) is 75.5 cm³/mol. The van der Waals surface area contributed by atoms with Crippen LogP contribution in [0.4, 0.5) is 0 Å². The van der Waals surface area contributed by atoms with Gasteiger partial charge in [0, 0.05) is 31.6 Å². The summed E-state index contributed by atoms with van der Waals surface area (Å²) in [5, 5.41) is 8.43. The average molecular weight is 296 g/mol. The second-order valence-electron chi connectivity index (χ2n) is 5.24. The maximum Gasteiger partial charge on any atom is 0.211 e. The molecule has 7 heteroatoms. The molecule has 0 bridgehead atoms. The summed E-state index contributed by atoms with van der Waals surface area (Å²) in [6.07, 6.45) is 5.13. The second kappa shape index (κ2) is 6.37. The molecular weight excluding hydrogens is 276 g/mol. The van der Waals surface area contributed by atoms with Gasteiger partial charge in [-0.25, -0.2) is 18.1 Å². The van der Waals surface area contributed by atoms with E-state index in [4.69, 9.17) is 5.26 Å². The first kappa shape index (κ1) is 15.0. The molecule has 0 saturated heterocycles. The second-order valence-corrected chi connectivity index (χ2v) is 7.11. The SMILES string of the molecule is Cc1cn2c(n1)CC[C@@H](NS(=O)(=O)CCCCC#N)C2. The summed E-state index contributed by atoms with van der Waals surface area (Å²) in [7, 11) is -3.25. The van der Waals surface area contributed by atoms with Crippen LogP contribution >= 0.6 is 0 Å². The third kappa shape index (κ3) is 4.05. The molecule has 0 spiro atoms. The Morgan fingerprint density at radius 1 is 1.55 bits per heavy atom. The summed E-state index contributed by atoms with van der Waals surface area (Å²) in [6.45, 7) is 2.59. The summed E-state index contributed by atoms with van der Waals surface area (Å²) in [4.78, 5) is 4.41. The lowest BCUT2D eigenvalue weighted by Gasteiger charge is -2.24. The van der Waals surface area contributed by atoms with E-state index in [0.717, 1.165) is 24.4 Å². The molecule has 1 aromatic rings. The van der Waals surface area contributed by atoms with Crippen LogP contribution in [-0.4, -0.2) is 29.8 Å². The van der Waals surface area contributed by atoms with Gasteiger partial charge in [0.2, 0.25) is 10.0 Å². The zero-order valence-corrected chi connectivity index (χ0v) is 12.5. The van der Waals surface area contributed by atoms with Crippen LogP contribution in [0, 0.1) is 18.3 Å². The molecule has 0 aromatic carbocycles. The third-order valence-electron chi connectivity index (χ3n) is 3.41. The Labute approximate surface area is 119 Å². The van der Waals surface area contributed by atoms with Crippen molar-refractivity contribution in [2.45, 2.75) is 51.6 Å². The molecule has 6 nitrogen and oxygen atoms in total. The molecule has 1 N–H and O–H groups in total. The third-order valence-corrected chi connectivity index (χ3v) is 4.93. The van der Waals surface area contributed by atoms with Crippen LogP contribution in [0.5, 0.6) is 0 Å². The standard InChI is InChI=1S/C13H20N4O2S/c1-11-9-17-10-12(5-6-13(17)15-11)16-20(18,19)8-4-2-3-7-14/h9,12,16H,2-6,8,10H2,1H3/t12-/m1/s1. The first-order chi connectivity index (χ1) is 9.50. The van der Waals surface area contributed by atoms with Gasteiger partial charge in [0.15, 0.2) is 0 Å². The van der Waals surface area contributed by atoms with Gasteiger partial charge in [-0.1, -0.05) is 0 Å². The van der Waals surface area contributed by atoms with Gasteiger partial charge in [-0.05, 0) is 26.2 Å². The molecule has 2 heterocycles. The van der Waals surface area contributed by atoms with Gasteiger partial charge in [0.1, 0.15) is 5.82 Å². The van der Waals surface area contributed by atoms with Crippen molar-refractivity contribution in [2.75, 3.05) is 5.75 Å². The number of imidazole rings is 1. The number of aromatic nitrogens is 2. The van der Waals surface area contributed by atoms with Crippen LogP contribution in [0.2, 0.25) is 0 Å². The summed E-state index contributed by atoms with van der Waals surface area (Å²) >= 11 is 0. The highest BCUT2D eigenvalue weighted by atomic mass is 32.2. The Bertz CT molecular complexity index is 600. The average Bonchev–Trinajstić information content (AvgIpc) is 2.73. The van der Waals surface area contributed by atoms with Gasteiger partial charge >= 0.3 is 0 Å². The number of nitriles is 1. The molecule has 20 heavy (non-hydrogen) atoms. The lowest BCUT2D eigenvalue weighted by molar-refractivity contribution is 0.420. The molecule has 0 saturated carbocycles. The normalized spacial score (nSPS) is 18.5. The van der Waals surface area contributed by atoms with Crippen molar-refractivity contribution in [3.8, 4) is 6.07 Å². The molecule has 1 aliphatic rings. The van der Waals surface area contributed by atoms with Crippen molar-refractivity contribution in [2.24, 2.45) is 0 Å². The number of aryl methyl sites for hydroxylation is 2. The van der Waals surface area contributed by atoms with Gasteiger partial charge in [0.05, 0.1) is 17.5 Å². The molecule has 0 amide bonds. The molecule has 110 valence electrons. The van der Waals surface area contributed by atoms with Crippen LogP contribution in [0.15, 0.2) is 6.20 Å². The van der Waals surface area contributed by atoms with E-state index in [1.165, 1.54) is 0 Å². The first-order valence-corrected chi connectivity index (χ1v) is 8.55. The first-order valence-electron chi connectivity index (χ1n) is 6.90. The highest BCUT2D eigenvalue weighted by Crippen LogP contribution is 2.15. The van der Waals surface area contributed by atoms with Gasteiger partial charge in [-0.3, -0.25) is 0 Å². The summed E-state index contributed by atoms with van der Waals surface area (Å²) < 4.78 is 28.7. The van der Waals surface area contributed by atoms with Gasteiger partial charge in [0.25, 0.3) is 0 Å². The molecule has 0 aliphatic carbocycles. The zero-order valence-electron chi connectivity index (χ0n) is 11.7. The van der Waals surface area contributed by atoms with E-state index >= 15 is 0 Å². The smallest absolute Gasteiger partial charge is 0.211 e. The molecule has 2 rings (SSSR count). The largest absolute Gasteiger partial charge is 0.333 e.